The normalized spacial score (nSPS) is 12.2. The second kappa shape index (κ2) is 5.54. The van der Waals surface area contributed by atoms with Crippen LogP contribution in [-0.4, -0.2) is 28.5 Å². The molecule has 1 aromatic carbocycles. The van der Waals surface area contributed by atoms with Crippen molar-refractivity contribution in [2.45, 2.75) is 33.2 Å². The van der Waals surface area contributed by atoms with Crippen LogP contribution in [0.3, 0.4) is 0 Å². The maximum atomic E-state index is 12.2. The van der Waals surface area contributed by atoms with E-state index in [1.807, 2.05) is 20.8 Å². The molecule has 0 radical (unpaired) electrons. The number of aromatic hydroxyl groups is 1. The highest BCUT2D eigenvalue weighted by Crippen LogP contribution is 2.19. The Morgan fingerprint density at radius 3 is 2.50 bits per heavy atom. The third-order valence-electron chi connectivity index (χ3n) is 2.86. The Kier molecular flexibility index (Phi) is 4.35. The van der Waals surface area contributed by atoms with Gasteiger partial charge in [-0.3, -0.25) is 4.79 Å². The number of hydrogen-bond acceptors (Lipinski definition) is 2. The van der Waals surface area contributed by atoms with Crippen LogP contribution in [0.5, 0.6) is 5.75 Å². The number of para-hydroxylation sites is 1. The summed E-state index contributed by atoms with van der Waals surface area (Å²) in [6, 6.07) is 6.86. The van der Waals surface area contributed by atoms with Crippen molar-refractivity contribution in [1.29, 1.82) is 0 Å². The molecule has 0 spiro atoms. The molecular weight excluding hydrogens is 202 g/mol. The van der Waals surface area contributed by atoms with Gasteiger partial charge in [-0.1, -0.05) is 19.1 Å². The minimum atomic E-state index is -0.102. The molecule has 3 nitrogen and oxygen atoms in total. The summed E-state index contributed by atoms with van der Waals surface area (Å²) in [6.07, 6.45) is 0.910. The predicted octanol–water partition coefficient (Wildman–Crippen LogP) is 2.65. The predicted molar refractivity (Wildman–Crippen MR) is 64.6 cm³/mol. The highest BCUT2D eigenvalue weighted by atomic mass is 16.3. The highest BCUT2D eigenvalue weighted by molar-refractivity contribution is 5.96. The van der Waals surface area contributed by atoms with Crippen LogP contribution in [0.15, 0.2) is 24.3 Å². The topological polar surface area (TPSA) is 40.5 Å². The zero-order valence-electron chi connectivity index (χ0n) is 10.1. The lowest BCUT2D eigenvalue weighted by Crippen LogP contribution is -2.38. The van der Waals surface area contributed by atoms with Crippen LogP contribution in [0.25, 0.3) is 0 Å². The second-order valence-corrected chi connectivity index (χ2v) is 3.87. The second-order valence-electron chi connectivity index (χ2n) is 3.87. The number of nitrogens with zero attached hydrogens (tertiary/aromatic N) is 1. The Labute approximate surface area is 96.7 Å². The zero-order chi connectivity index (χ0) is 12.1. The minimum Gasteiger partial charge on any atom is -0.507 e. The molecule has 0 bridgehead atoms. The summed E-state index contributed by atoms with van der Waals surface area (Å²) in [5, 5.41) is 9.63. The van der Waals surface area contributed by atoms with E-state index in [-0.39, 0.29) is 17.7 Å². The van der Waals surface area contributed by atoms with Gasteiger partial charge < -0.3 is 10.0 Å². The van der Waals surface area contributed by atoms with Crippen molar-refractivity contribution in [3.63, 3.8) is 0 Å². The van der Waals surface area contributed by atoms with Gasteiger partial charge in [0.1, 0.15) is 5.75 Å². The average Bonchev–Trinajstić information content (AvgIpc) is 2.30. The van der Waals surface area contributed by atoms with Crippen LogP contribution in [0, 0.1) is 0 Å². The van der Waals surface area contributed by atoms with Crippen molar-refractivity contribution >= 4 is 5.91 Å². The van der Waals surface area contributed by atoms with Crippen LogP contribution in [-0.2, 0) is 0 Å². The third-order valence-corrected chi connectivity index (χ3v) is 2.86. The number of benzene rings is 1. The molecule has 1 amide bonds. The lowest BCUT2D eigenvalue weighted by Gasteiger charge is -2.27. The fourth-order valence-corrected chi connectivity index (χ4v) is 1.69. The van der Waals surface area contributed by atoms with Crippen molar-refractivity contribution in [3.8, 4) is 5.75 Å². The first kappa shape index (κ1) is 12.6. The molecule has 0 fully saturated rings. The number of carbonyl (C=O) groups is 1. The number of rotatable bonds is 4. The average molecular weight is 221 g/mol. The van der Waals surface area contributed by atoms with Gasteiger partial charge in [0, 0.05) is 12.6 Å². The lowest BCUT2D eigenvalue weighted by atomic mass is 10.1. The molecule has 1 N–H and O–H groups in total. The number of carbonyl (C=O) groups excluding carboxylic acids is 1. The first-order chi connectivity index (χ1) is 7.61. The van der Waals surface area contributed by atoms with Crippen LogP contribution in [0.2, 0.25) is 0 Å². The van der Waals surface area contributed by atoms with Crippen LogP contribution in [0.1, 0.15) is 37.6 Å². The summed E-state index contributed by atoms with van der Waals surface area (Å²) in [5.74, 6) is -0.0517. The Morgan fingerprint density at radius 1 is 1.38 bits per heavy atom. The number of phenolic OH excluding ortho intramolecular Hbond substituents is 1. The van der Waals surface area contributed by atoms with E-state index in [0.29, 0.717) is 12.1 Å². The summed E-state index contributed by atoms with van der Waals surface area (Å²) in [5.41, 5.74) is 0.379. The molecule has 0 aromatic heterocycles. The van der Waals surface area contributed by atoms with Crippen LogP contribution in [0.4, 0.5) is 0 Å². The molecule has 0 heterocycles. The Balaban J connectivity index is 2.96. The van der Waals surface area contributed by atoms with E-state index in [2.05, 4.69) is 0 Å². The minimum absolute atomic E-state index is 0.0502. The molecule has 0 saturated carbocycles. The monoisotopic (exact) mass is 221 g/mol. The van der Waals surface area contributed by atoms with Gasteiger partial charge in [-0.2, -0.15) is 0 Å². The van der Waals surface area contributed by atoms with Crippen LogP contribution < -0.4 is 0 Å². The summed E-state index contributed by atoms with van der Waals surface area (Å²) in [7, 11) is 0. The molecule has 0 aliphatic carbocycles. The van der Waals surface area contributed by atoms with Crippen LogP contribution >= 0.6 is 0 Å². The molecule has 1 atom stereocenters. The van der Waals surface area contributed by atoms with Gasteiger partial charge >= 0.3 is 0 Å². The van der Waals surface area contributed by atoms with E-state index in [4.69, 9.17) is 0 Å². The van der Waals surface area contributed by atoms with Crippen molar-refractivity contribution in [2.24, 2.45) is 0 Å². The first-order valence-corrected chi connectivity index (χ1v) is 5.70. The summed E-state index contributed by atoms with van der Waals surface area (Å²) in [4.78, 5) is 13.9. The number of phenols is 1. The van der Waals surface area contributed by atoms with Crippen molar-refractivity contribution < 1.29 is 9.90 Å². The molecule has 0 saturated heterocycles. The van der Waals surface area contributed by atoms with Crippen molar-refractivity contribution in [3.05, 3.63) is 29.8 Å². The first-order valence-electron chi connectivity index (χ1n) is 5.70. The van der Waals surface area contributed by atoms with E-state index in [1.54, 1.807) is 23.1 Å². The smallest absolute Gasteiger partial charge is 0.257 e. The maximum Gasteiger partial charge on any atom is 0.257 e. The third kappa shape index (κ3) is 2.54. The van der Waals surface area contributed by atoms with E-state index in [9.17, 15) is 9.90 Å². The van der Waals surface area contributed by atoms with E-state index in [1.165, 1.54) is 6.07 Å². The molecule has 1 unspecified atom stereocenters. The summed E-state index contributed by atoms with van der Waals surface area (Å²) >= 11 is 0. The molecule has 1 aromatic rings. The molecule has 88 valence electrons. The highest BCUT2D eigenvalue weighted by Gasteiger charge is 2.20. The van der Waals surface area contributed by atoms with Gasteiger partial charge in [-0.25, -0.2) is 0 Å². The van der Waals surface area contributed by atoms with Gasteiger partial charge in [0.05, 0.1) is 5.56 Å². The zero-order valence-corrected chi connectivity index (χ0v) is 10.1. The van der Waals surface area contributed by atoms with Gasteiger partial charge in [-0.05, 0) is 32.4 Å². The fourth-order valence-electron chi connectivity index (χ4n) is 1.69. The Hall–Kier alpha value is -1.51. The summed E-state index contributed by atoms with van der Waals surface area (Å²) < 4.78 is 0. The molecule has 0 aliphatic rings. The van der Waals surface area contributed by atoms with Gasteiger partial charge in [-0.15, -0.1) is 0 Å². The quantitative estimate of drug-likeness (QED) is 0.849. The number of amides is 1. The number of hydrogen-bond donors (Lipinski definition) is 1. The van der Waals surface area contributed by atoms with Gasteiger partial charge in [0.25, 0.3) is 5.91 Å². The fraction of sp³-hybridized carbons (Fsp3) is 0.462. The van der Waals surface area contributed by atoms with Gasteiger partial charge in [0.2, 0.25) is 0 Å². The lowest BCUT2D eigenvalue weighted by molar-refractivity contribution is 0.0697. The van der Waals surface area contributed by atoms with E-state index in [0.717, 1.165) is 6.42 Å². The van der Waals surface area contributed by atoms with Crippen molar-refractivity contribution in [2.75, 3.05) is 6.54 Å². The summed E-state index contributed by atoms with van der Waals surface area (Å²) in [6.45, 7) is 6.67. The molecule has 3 heteroatoms. The Bertz CT molecular complexity index is 363. The SMILES string of the molecule is CCC(C)N(CC)C(=O)c1ccccc1O. The molecular formula is C13H19NO2. The molecule has 0 aliphatic heterocycles. The van der Waals surface area contributed by atoms with Crippen molar-refractivity contribution in [1.82, 2.24) is 4.90 Å². The standard InChI is InChI=1S/C13H19NO2/c1-4-10(3)14(5-2)13(16)11-8-6-7-9-12(11)15/h6-10,15H,4-5H2,1-3H3. The largest absolute Gasteiger partial charge is 0.507 e. The van der Waals surface area contributed by atoms with E-state index < -0.39 is 0 Å². The van der Waals surface area contributed by atoms with E-state index >= 15 is 0 Å². The molecule has 16 heavy (non-hydrogen) atoms. The molecule has 1 rings (SSSR count). The van der Waals surface area contributed by atoms with Gasteiger partial charge in [0.15, 0.2) is 0 Å². The Morgan fingerprint density at radius 2 is 2.00 bits per heavy atom. The maximum absolute atomic E-state index is 12.2.